The van der Waals surface area contributed by atoms with Crippen molar-refractivity contribution in [1.82, 2.24) is 0 Å². The van der Waals surface area contributed by atoms with Gasteiger partial charge in [-0.1, -0.05) is 94.3 Å². The second kappa shape index (κ2) is 14.9. The number of fused-ring (bicyclic) bond motifs is 3. The number of allylic oxidation sites excluding steroid dienone is 2. The van der Waals surface area contributed by atoms with Crippen LogP contribution in [0.15, 0.2) is 88.0 Å². The maximum absolute atomic E-state index is 16.3. The standard InChI is InChI=1S/C55H67N3O8/c1-32(59)29-37(46(63)64)36-19-24-51(58-47(56)57)26-25-50(33(2)41(51)43(36)62)31-52(65)27-28-53(66)38(18-17-34-13-7-5-8-14-34)44-48(3)21-11-6-12-22-54(52)45(53)42(49(44,4)23-20-40(48)61)39(60)30-55(50,54)35-15-9-10-16-35/h5,7-8,13-14,17-18,25-28,32-33,35,38,41,43-44,59,62,65-66H,9-10,12,15-16,19-24,29-31H2,1-4H3,(H,63,64)(H4,56,57,58)/b18-17+,37-36+/t32-,33+,38+,41+,43+,44+,48+,49+,50+,51-,52-,53+,54+,55-/m0/s1. The van der Waals surface area contributed by atoms with Crippen molar-refractivity contribution in [2.45, 2.75) is 147 Å². The Morgan fingerprint density at radius 1 is 0.970 bits per heavy atom. The number of carbonyl (C=O) groups is 3. The molecule has 0 amide bonds. The number of hydrogen-bond acceptors (Lipinski definition) is 8. The molecule has 9 aliphatic carbocycles. The van der Waals surface area contributed by atoms with E-state index in [1.54, 1.807) is 6.08 Å². The molecule has 14 atom stereocenters. The summed E-state index contributed by atoms with van der Waals surface area (Å²) < 4.78 is 0. The number of carboxylic acid groups (broad SMARTS) is 1. The van der Waals surface area contributed by atoms with Gasteiger partial charge in [0.25, 0.3) is 0 Å². The van der Waals surface area contributed by atoms with Crippen molar-refractivity contribution in [3.63, 3.8) is 0 Å². The molecule has 4 saturated carbocycles. The predicted octanol–water partition coefficient (Wildman–Crippen LogP) is 6.50. The molecule has 9 aliphatic rings. The number of aliphatic carboxylic acids is 1. The van der Waals surface area contributed by atoms with Crippen molar-refractivity contribution in [1.29, 1.82) is 0 Å². The molecule has 1 aromatic rings. The van der Waals surface area contributed by atoms with E-state index in [4.69, 9.17) is 16.5 Å². The van der Waals surface area contributed by atoms with E-state index in [9.17, 15) is 35.1 Å². The lowest BCUT2D eigenvalue weighted by atomic mass is 9.32. The topological polar surface area (TPSA) is 217 Å². The first-order chi connectivity index (χ1) is 31.2. The molecular weight excluding hydrogens is 831 g/mol. The summed E-state index contributed by atoms with van der Waals surface area (Å²) in [6.45, 7) is 7.73. The molecule has 0 aromatic heterocycles. The number of aliphatic imine (C=N–C) groups is 1. The fourth-order valence-electron chi connectivity index (χ4n) is 17.6. The van der Waals surface area contributed by atoms with E-state index in [1.807, 2.05) is 55.5 Å². The van der Waals surface area contributed by atoms with Gasteiger partial charge in [-0.15, -0.1) is 11.8 Å². The molecule has 11 heteroatoms. The Balaban J connectivity index is 1.30. The molecule has 4 bridgehead atoms. The van der Waals surface area contributed by atoms with Crippen LogP contribution in [0, 0.1) is 68.5 Å². The Morgan fingerprint density at radius 3 is 2.38 bits per heavy atom. The van der Waals surface area contributed by atoms with E-state index in [1.165, 1.54) is 6.92 Å². The molecule has 0 unspecified atom stereocenters. The molecule has 1 aromatic carbocycles. The molecule has 10 rings (SSSR count). The van der Waals surface area contributed by atoms with Gasteiger partial charge in [-0.2, -0.15) is 0 Å². The predicted molar refractivity (Wildman–Crippen MR) is 251 cm³/mol. The minimum absolute atomic E-state index is 0.0374. The largest absolute Gasteiger partial charge is 0.478 e. The van der Waals surface area contributed by atoms with Crippen LogP contribution in [0.5, 0.6) is 0 Å². The third-order valence-electron chi connectivity index (χ3n) is 19.7. The highest BCUT2D eigenvalue weighted by molar-refractivity contribution is 6.02. The number of ketones is 2. The number of guanidine groups is 1. The summed E-state index contributed by atoms with van der Waals surface area (Å²) in [5.41, 5.74) is 5.17. The number of aliphatic hydroxyl groups excluding tert-OH is 2. The molecule has 9 N–H and O–H groups in total. The Kier molecular flexibility index (Phi) is 10.2. The minimum atomic E-state index is -1.78. The van der Waals surface area contributed by atoms with Gasteiger partial charge in [0.05, 0.1) is 23.3 Å². The molecule has 4 fully saturated rings. The zero-order valence-electron chi connectivity index (χ0n) is 38.9. The number of nitrogens with zero attached hydrogens (tertiary/aromatic N) is 1. The molecule has 11 nitrogen and oxygen atoms in total. The number of carboxylic acids is 1. The van der Waals surface area contributed by atoms with Crippen molar-refractivity contribution in [2.24, 2.45) is 73.1 Å². The third kappa shape index (κ3) is 5.59. The minimum Gasteiger partial charge on any atom is -0.478 e. The van der Waals surface area contributed by atoms with Gasteiger partial charge >= 0.3 is 5.97 Å². The molecule has 0 radical (unpaired) electrons. The molecule has 0 saturated heterocycles. The van der Waals surface area contributed by atoms with E-state index in [0.29, 0.717) is 36.0 Å². The average Bonchev–Trinajstić information content (AvgIpc) is 3.86. The Labute approximate surface area is 388 Å². The maximum atomic E-state index is 16.3. The number of rotatable bonds is 7. The smallest absolute Gasteiger partial charge is 0.331 e. The molecule has 0 heterocycles. The van der Waals surface area contributed by atoms with Crippen molar-refractivity contribution in [3.05, 3.63) is 88.6 Å². The fourth-order valence-corrected chi connectivity index (χ4v) is 17.6. The van der Waals surface area contributed by atoms with Gasteiger partial charge in [-0.05, 0) is 92.4 Å². The summed E-state index contributed by atoms with van der Waals surface area (Å²) in [5, 5.41) is 62.6. The monoisotopic (exact) mass is 897 g/mol. The van der Waals surface area contributed by atoms with Crippen molar-refractivity contribution < 1.29 is 39.9 Å². The molecule has 66 heavy (non-hydrogen) atoms. The van der Waals surface area contributed by atoms with Gasteiger partial charge in [0.1, 0.15) is 11.4 Å². The van der Waals surface area contributed by atoms with E-state index < -0.39 is 85.7 Å². The highest BCUT2D eigenvalue weighted by Crippen LogP contribution is 2.86. The van der Waals surface area contributed by atoms with Crippen LogP contribution in [0.25, 0.3) is 6.08 Å². The van der Waals surface area contributed by atoms with Gasteiger partial charge < -0.3 is 37.0 Å². The lowest BCUT2D eigenvalue weighted by molar-refractivity contribution is -0.183. The normalized spacial score (nSPS) is 45.6. The summed E-state index contributed by atoms with van der Waals surface area (Å²) in [5.74, 6) is 2.98. The molecular formula is C55H67N3O8. The van der Waals surface area contributed by atoms with Crippen LogP contribution < -0.4 is 11.5 Å². The summed E-state index contributed by atoms with van der Waals surface area (Å²) in [6.07, 6.45) is 15.2. The summed E-state index contributed by atoms with van der Waals surface area (Å²) in [7, 11) is 0. The lowest BCUT2D eigenvalue weighted by Crippen LogP contribution is -2.72. The van der Waals surface area contributed by atoms with Gasteiger partial charge in [0.2, 0.25) is 0 Å². The van der Waals surface area contributed by atoms with Gasteiger partial charge in [-0.3, -0.25) is 9.59 Å². The number of hydrogen-bond donors (Lipinski definition) is 7. The number of Topliss-reactive ketones (excluding diaryl/α,β-unsaturated/α-hetero) is 2. The summed E-state index contributed by atoms with van der Waals surface area (Å²) in [4.78, 5) is 48.7. The van der Waals surface area contributed by atoms with Crippen LogP contribution in [-0.2, 0) is 14.4 Å². The van der Waals surface area contributed by atoms with E-state index in [2.05, 4.69) is 37.8 Å². The van der Waals surface area contributed by atoms with Crippen LogP contribution in [-0.4, -0.2) is 78.0 Å². The number of carbonyl (C=O) groups excluding carboxylic acids is 2. The maximum Gasteiger partial charge on any atom is 0.331 e. The molecule has 0 aliphatic heterocycles. The number of aliphatic hydroxyl groups is 4. The molecule has 2 spiro atoms. The highest BCUT2D eigenvalue weighted by Gasteiger charge is 2.86. The summed E-state index contributed by atoms with van der Waals surface area (Å²) in [6, 6.07) is 9.90. The van der Waals surface area contributed by atoms with Crippen LogP contribution in [0.3, 0.4) is 0 Å². The first kappa shape index (κ1) is 45.2. The third-order valence-corrected chi connectivity index (χ3v) is 19.7. The van der Waals surface area contributed by atoms with Crippen molar-refractivity contribution >= 4 is 29.6 Å². The Morgan fingerprint density at radius 2 is 1.70 bits per heavy atom. The number of benzene rings is 1. The van der Waals surface area contributed by atoms with Crippen LogP contribution in [0.2, 0.25) is 0 Å². The first-order valence-electron chi connectivity index (χ1n) is 24.5. The average molecular weight is 898 g/mol. The van der Waals surface area contributed by atoms with E-state index in [-0.39, 0.29) is 74.0 Å². The van der Waals surface area contributed by atoms with Crippen molar-refractivity contribution in [3.8, 4) is 11.8 Å². The van der Waals surface area contributed by atoms with Crippen LogP contribution in [0.1, 0.15) is 123 Å². The van der Waals surface area contributed by atoms with Gasteiger partial charge in [0.15, 0.2) is 11.7 Å². The molecule has 350 valence electrons. The van der Waals surface area contributed by atoms with Crippen LogP contribution in [0.4, 0.5) is 0 Å². The van der Waals surface area contributed by atoms with E-state index in [0.717, 1.165) is 31.2 Å². The van der Waals surface area contributed by atoms with Gasteiger partial charge in [0, 0.05) is 82.2 Å². The fraction of sp³-hybridized carbons (Fsp3) is 0.600. The SMILES string of the molecule is C[C@H](O)C/C(C(=O)O)=C1/CC[C@]2(N=C(N)N)C=C[C@@]3(C[C@@]4(O)C=C[C@]5(O)C6=C7C(=O)C[C@@]3(C3CCCC3)[C@]64CCC#CC[C@]3(C)C(=O)CC[C@@]7(C)[C@@H]3[C@H]5/C=C/c3ccccc3)[C@H](C)[C@@H]2[C@@H]1O. The summed E-state index contributed by atoms with van der Waals surface area (Å²) >= 11 is 0. The Hall–Kier alpha value is -4.60. The first-order valence-corrected chi connectivity index (χ1v) is 24.5. The zero-order valence-corrected chi connectivity index (χ0v) is 38.9. The van der Waals surface area contributed by atoms with E-state index >= 15 is 4.79 Å². The quantitative estimate of drug-likeness (QED) is 0.0518. The zero-order chi connectivity index (χ0) is 47.0. The second-order valence-electron chi connectivity index (χ2n) is 22.6. The number of nitrogens with two attached hydrogens (primary N) is 2. The van der Waals surface area contributed by atoms with Crippen molar-refractivity contribution in [2.75, 3.05) is 0 Å². The Bertz CT molecular complexity index is 2540. The van der Waals surface area contributed by atoms with Crippen LogP contribution >= 0.6 is 0 Å². The highest BCUT2D eigenvalue weighted by atomic mass is 16.4. The lowest BCUT2D eigenvalue weighted by Gasteiger charge is -2.71. The second-order valence-corrected chi connectivity index (χ2v) is 22.6. The van der Waals surface area contributed by atoms with Gasteiger partial charge in [-0.25, -0.2) is 9.79 Å².